The molecular weight excluding hydrogens is 358 g/mol. The molecule has 0 fully saturated rings. The number of halogens is 1. The summed E-state index contributed by atoms with van der Waals surface area (Å²) in [6, 6.07) is 23.0. The predicted molar refractivity (Wildman–Crippen MR) is 110 cm³/mol. The lowest BCUT2D eigenvalue weighted by Crippen LogP contribution is -2.19. The largest absolute Gasteiger partial charge is 0.325 e. The summed E-state index contributed by atoms with van der Waals surface area (Å²) in [6.45, 7) is 2.14. The zero-order valence-corrected chi connectivity index (χ0v) is 15.6. The molecule has 134 valence electrons. The maximum absolute atomic E-state index is 12.7. The number of carbonyl (C=O) groups excluding carboxylic acids is 1. The van der Waals surface area contributed by atoms with Crippen molar-refractivity contribution in [2.24, 2.45) is 0 Å². The molecule has 1 aromatic heterocycles. The van der Waals surface area contributed by atoms with Gasteiger partial charge in [0.1, 0.15) is 12.4 Å². The number of carbonyl (C=O) groups is 1. The van der Waals surface area contributed by atoms with Crippen LogP contribution in [0, 0.1) is 6.92 Å². The van der Waals surface area contributed by atoms with E-state index in [9.17, 15) is 4.79 Å². The van der Waals surface area contributed by atoms with Crippen LogP contribution >= 0.6 is 11.6 Å². The third kappa shape index (κ3) is 3.57. The Kier molecular flexibility index (Phi) is 4.65. The van der Waals surface area contributed by atoms with Gasteiger partial charge in [-0.15, -0.1) is 0 Å². The van der Waals surface area contributed by atoms with E-state index < -0.39 is 0 Å². The molecule has 0 bridgehead atoms. The predicted octanol–water partition coefficient (Wildman–Crippen LogP) is 5.30. The summed E-state index contributed by atoms with van der Waals surface area (Å²) < 4.78 is 1.90. The lowest BCUT2D eigenvalue weighted by Gasteiger charge is -2.11. The van der Waals surface area contributed by atoms with Crippen LogP contribution in [0.4, 0.5) is 5.69 Å². The Morgan fingerprint density at radius 1 is 1.04 bits per heavy atom. The highest BCUT2D eigenvalue weighted by Gasteiger charge is 2.17. The Balaban J connectivity index is 1.73. The van der Waals surface area contributed by atoms with E-state index in [0.717, 1.165) is 27.8 Å². The molecule has 0 aliphatic rings. The summed E-state index contributed by atoms with van der Waals surface area (Å²) in [6.07, 6.45) is 0. The summed E-state index contributed by atoms with van der Waals surface area (Å²) in [7, 11) is 0. The van der Waals surface area contributed by atoms with Crippen LogP contribution in [0.5, 0.6) is 0 Å². The molecular formula is C22H18ClN3O. The molecule has 4 nitrogen and oxygen atoms in total. The summed E-state index contributed by atoms with van der Waals surface area (Å²) in [5.74, 6) is 0.568. The molecule has 1 heterocycles. The van der Waals surface area contributed by atoms with Crippen molar-refractivity contribution in [1.29, 1.82) is 0 Å². The fourth-order valence-electron chi connectivity index (χ4n) is 3.15. The highest BCUT2D eigenvalue weighted by Crippen LogP contribution is 2.30. The second-order valence-electron chi connectivity index (χ2n) is 6.41. The first-order valence-corrected chi connectivity index (χ1v) is 9.06. The normalized spacial score (nSPS) is 10.9. The van der Waals surface area contributed by atoms with Crippen molar-refractivity contribution in [2.45, 2.75) is 13.5 Å². The van der Waals surface area contributed by atoms with Crippen molar-refractivity contribution in [2.75, 3.05) is 5.32 Å². The molecule has 0 saturated carbocycles. The Morgan fingerprint density at radius 3 is 2.63 bits per heavy atom. The molecule has 0 atom stereocenters. The van der Waals surface area contributed by atoms with Gasteiger partial charge in [-0.2, -0.15) is 0 Å². The number of aromatic nitrogens is 2. The van der Waals surface area contributed by atoms with E-state index in [2.05, 4.69) is 5.32 Å². The first-order chi connectivity index (χ1) is 13.1. The molecule has 0 spiro atoms. The number of imidazole rings is 1. The highest BCUT2D eigenvalue weighted by molar-refractivity contribution is 6.33. The Bertz CT molecular complexity index is 1130. The van der Waals surface area contributed by atoms with Crippen molar-refractivity contribution in [3.63, 3.8) is 0 Å². The minimum absolute atomic E-state index is 0.114. The van der Waals surface area contributed by atoms with Crippen LogP contribution in [-0.4, -0.2) is 15.5 Å². The summed E-state index contributed by atoms with van der Waals surface area (Å²) >= 11 is 6.39. The van der Waals surface area contributed by atoms with Gasteiger partial charge >= 0.3 is 0 Å². The summed E-state index contributed by atoms with van der Waals surface area (Å²) in [4.78, 5) is 17.4. The van der Waals surface area contributed by atoms with Crippen LogP contribution in [0.2, 0.25) is 5.02 Å². The van der Waals surface area contributed by atoms with E-state index in [1.165, 1.54) is 0 Å². The molecule has 0 aliphatic carbocycles. The lowest BCUT2D eigenvalue weighted by molar-refractivity contribution is -0.116. The van der Waals surface area contributed by atoms with E-state index in [1.54, 1.807) is 0 Å². The number of para-hydroxylation sites is 2. The lowest BCUT2D eigenvalue weighted by atomic mass is 10.2. The Morgan fingerprint density at radius 2 is 1.81 bits per heavy atom. The zero-order chi connectivity index (χ0) is 18.8. The third-order valence-electron chi connectivity index (χ3n) is 4.37. The number of aryl methyl sites for hydroxylation is 1. The molecule has 4 rings (SSSR count). The Hall–Kier alpha value is -3.11. The second kappa shape index (κ2) is 7.25. The fraction of sp³-hybridized carbons (Fsp3) is 0.0909. The van der Waals surface area contributed by atoms with Gasteiger partial charge in [-0.3, -0.25) is 4.79 Å². The molecule has 0 radical (unpaired) electrons. The number of fused-ring (bicyclic) bond motifs is 1. The number of benzene rings is 3. The van der Waals surface area contributed by atoms with Crippen molar-refractivity contribution in [1.82, 2.24) is 9.55 Å². The summed E-state index contributed by atoms with van der Waals surface area (Å²) in [5.41, 5.74) is 4.41. The smallest absolute Gasteiger partial charge is 0.244 e. The monoisotopic (exact) mass is 375 g/mol. The van der Waals surface area contributed by atoms with Gasteiger partial charge in [-0.25, -0.2) is 4.98 Å². The van der Waals surface area contributed by atoms with Crippen LogP contribution in [0.25, 0.3) is 22.4 Å². The van der Waals surface area contributed by atoms with Crippen LogP contribution < -0.4 is 5.32 Å². The van der Waals surface area contributed by atoms with Crippen LogP contribution in [0.15, 0.2) is 72.8 Å². The molecule has 1 N–H and O–H groups in total. The third-order valence-corrected chi connectivity index (χ3v) is 4.70. The van der Waals surface area contributed by atoms with Gasteiger partial charge in [0, 0.05) is 11.3 Å². The molecule has 0 aliphatic heterocycles. The number of hydrogen-bond acceptors (Lipinski definition) is 2. The summed E-state index contributed by atoms with van der Waals surface area (Å²) in [5, 5.41) is 3.56. The molecule has 0 unspecified atom stereocenters. The average molecular weight is 376 g/mol. The Labute approximate surface area is 162 Å². The van der Waals surface area contributed by atoms with Crippen molar-refractivity contribution < 1.29 is 4.79 Å². The quantitative estimate of drug-likeness (QED) is 0.525. The number of nitrogens with one attached hydrogen (secondary N) is 1. The van der Waals surface area contributed by atoms with Gasteiger partial charge in [0.25, 0.3) is 0 Å². The van der Waals surface area contributed by atoms with Crippen molar-refractivity contribution >= 4 is 34.2 Å². The second-order valence-corrected chi connectivity index (χ2v) is 6.81. The van der Waals surface area contributed by atoms with Crippen molar-refractivity contribution in [3.05, 3.63) is 83.4 Å². The zero-order valence-electron chi connectivity index (χ0n) is 14.8. The standard InChI is InChI=1S/C22H18ClN3O/c1-15-7-6-8-16(13-15)24-21(27)14-26-20-12-5-4-11-19(20)25-22(26)17-9-2-3-10-18(17)23/h2-13H,14H2,1H3,(H,24,27). The van der Waals surface area contributed by atoms with E-state index in [0.29, 0.717) is 10.8 Å². The number of rotatable bonds is 4. The number of hydrogen-bond donors (Lipinski definition) is 1. The van der Waals surface area contributed by atoms with Gasteiger partial charge in [0.15, 0.2) is 0 Å². The van der Waals surface area contributed by atoms with Gasteiger partial charge in [0.2, 0.25) is 5.91 Å². The van der Waals surface area contributed by atoms with Gasteiger partial charge < -0.3 is 9.88 Å². The topological polar surface area (TPSA) is 46.9 Å². The molecule has 27 heavy (non-hydrogen) atoms. The average Bonchev–Trinajstić information content (AvgIpc) is 3.00. The van der Waals surface area contributed by atoms with Crippen LogP contribution in [0.1, 0.15) is 5.56 Å². The van der Waals surface area contributed by atoms with E-state index in [-0.39, 0.29) is 12.5 Å². The van der Waals surface area contributed by atoms with Gasteiger partial charge in [0.05, 0.1) is 16.1 Å². The molecule has 0 saturated heterocycles. The maximum atomic E-state index is 12.7. The number of nitrogens with zero attached hydrogens (tertiary/aromatic N) is 2. The fourth-order valence-corrected chi connectivity index (χ4v) is 3.37. The highest BCUT2D eigenvalue weighted by atomic mass is 35.5. The number of amides is 1. The van der Waals surface area contributed by atoms with Gasteiger partial charge in [-0.05, 0) is 48.9 Å². The molecule has 4 aromatic rings. The number of anilines is 1. The minimum Gasteiger partial charge on any atom is -0.325 e. The first-order valence-electron chi connectivity index (χ1n) is 8.68. The maximum Gasteiger partial charge on any atom is 0.244 e. The SMILES string of the molecule is Cc1cccc(NC(=O)Cn2c(-c3ccccc3Cl)nc3ccccc32)c1. The molecule has 5 heteroatoms. The molecule has 3 aromatic carbocycles. The van der Waals surface area contributed by atoms with E-state index in [1.807, 2.05) is 84.3 Å². The minimum atomic E-state index is -0.114. The van der Waals surface area contributed by atoms with Crippen LogP contribution in [-0.2, 0) is 11.3 Å². The molecule has 1 amide bonds. The van der Waals surface area contributed by atoms with E-state index >= 15 is 0 Å². The first kappa shape index (κ1) is 17.3. The van der Waals surface area contributed by atoms with Crippen molar-refractivity contribution in [3.8, 4) is 11.4 Å². The van der Waals surface area contributed by atoms with Crippen LogP contribution in [0.3, 0.4) is 0 Å². The van der Waals surface area contributed by atoms with Gasteiger partial charge in [-0.1, -0.05) is 48.0 Å². The van der Waals surface area contributed by atoms with E-state index in [4.69, 9.17) is 16.6 Å².